The Kier molecular flexibility index (Phi) is 4.98. The fraction of sp³-hybridized carbons (Fsp3) is 0.471. The number of likely N-dealkylation sites (tertiary alicyclic amines) is 1. The van der Waals surface area contributed by atoms with E-state index in [9.17, 15) is 4.79 Å². The van der Waals surface area contributed by atoms with E-state index in [1.54, 1.807) is 19.0 Å². The number of hydrogen-bond acceptors (Lipinski definition) is 4. The Balaban J connectivity index is 1.52. The second-order valence-electron chi connectivity index (χ2n) is 6.18. The van der Waals surface area contributed by atoms with Gasteiger partial charge in [-0.2, -0.15) is 5.10 Å². The van der Waals surface area contributed by atoms with Crippen molar-refractivity contribution in [2.24, 2.45) is 0 Å². The second kappa shape index (κ2) is 7.33. The van der Waals surface area contributed by atoms with Crippen molar-refractivity contribution < 1.29 is 9.53 Å². The van der Waals surface area contributed by atoms with Gasteiger partial charge in [-0.25, -0.2) is 9.78 Å². The minimum absolute atomic E-state index is 0.0698. The number of aromatic nitrogens is 3. The fourth-order valence-electron chi connectivity index (χ4n) is 2.84. The van der Waals surface area contributed by atoms with E-state index in [0.717, 1.165) is 43.3 Å². The molecular weight excluding hydrogens is 306 g/mol. The van der Waals surface area contributed by atoms with Crippen LogP contribution in [0.1, 0.15) is 30.4 Å². The van der Waals surface area contributed by atoms with Crippen LogP contribution in [-0.2, 0) is 6.61 Å². The molecule has 3 rings (SSSR count). The molecule has 0 atom stereocenters. The van der Waals surface area contributed by atoms with Crippen molar-refractivity contribution in [3.63, 3.8) is 0 Å². The van der Waals surface area contributed by atoms with Crippen molar-refractivity contribution in [2.75, 3.05) is 27.2 Å². The topological polar surface area (TPSA) is 74.4 Å². The SMILES string of the molecule is CN(C)C(=O)N1CCC(c2n[nH]c(COc3ccccc3)n2)CC1. The number of nitrogens with one attached hydrogen (secondary N) is 1. The number of nitrogens with zero attached hydrogens (tertiary/aromatic N) is 4. The number of urea groups is 1. The van der Waals surface area contributed by atoms with Crippen molar-refractivity contribution >= 4 is 6.03 Å². The molecule has 1 aromatic heterocycles. The Bertz CT molecular complexity index is 663. The molecule has 128 valence electrons. The van der Waals surface area contributed by atoms with Gasteiger partial charge in [0.1, 0.15) is 12.4 Å². The van der Waals surface area contributed by atoms with Crippen LogP contribution >= 0.6 is 0 Å². The summed E-state index contributed by atoms with van der Waals surface area (Å²) >= 11 is 0. The first kappa shape index (κ1) is 16.3. The standard InChI is InChI=1S/C17H23N5O2/c1-21(2)17(23)22-10-8-13(9-11-22)16-18-15(19-20-16)12-24-14-6-4-3-5-7-14/h3-7,13H,8-12H2,1-2H3,(H,18,19,20). The van der Waals surface area contributed by atoms with Crippen LogP contribution < -0.4 is 4.74 Å². The average Bonchev–Trinajstić information content (AvgIpc) is 3.09. The molecule has 2 amide bonds. The Morgan fingerprint density at radius 2 is 2.00 bits per heavy atom. The number of rotatable bonds is 4. The number of carbonyl (C=O) groups excluding carboxylic acids is 1. The summed E-state index contributed by atoms with van der Waals surface area (Å²) in [5.41, 5.74) is 0. The van der Waals surface area contributed by atoms with Crippen molar-refractivity contribution in [3.05, 3.63) is 42.0 Å². The normalized spacial score (nSPS) is 15.3. The van der Waals surface area contributed by atoms with Crippen LogP contribution in [0.25, 0.3) is 0 Å². The number of para-hydroxylation sites is 1. The quantitative estimate of drug-likeness (QED) is 0.933. The van der Waals surface area contributed by atoms with E-state index in [1.165, 1.54) is 0 Å². The molecule has 1 aromatic carbocycles. The lowest BCUT2D eigenvalue weighted by Crippen LogP contribution is -2.43. The van der Waals surface area contributed by atoms with Gasteiger partial charge in [-0.15, -0.1) is 0 Å². The number of benzene rings is 1. The molecule has 24 heavy (non-hydrogen) atoms. The van der Waals surface area contributed by atoms with E-state index in [1.807, 2.05) is 35.2 Å². The smallest absolute Gasteiger partial charge is 0.319 e. The van der Waals surface area contributed by atoms with Crippen molar-refractivity contribution in [1.82, 2.24) is 25.0 Å². The summed E-state index contributed by atoms with van der Waals surface area (Å²) in [4.78, 5) is 20.0. The van der Waals surface area contributed by atoms with Crippen LogP contribution in [0.4, 0.5) is 4.79 Å². The van der Waals surface area contributed by atoms with Gasteiger partial charge < -0.3 is 14.5 Å². The lowest BCUT2D eigenvalue weighted by molar-refractivity contribution is 0.155. The van der Waals surface area contributed by atoms with Crippen molar-refractivity contribution in [3.8, 4) is 5.75 Å². The zero-order valence-corrected chi connectivity index (χ0v) is 14.1. The molecule has 1 saturated heterocycles. The summed E-state index contributed by atoms with van der Waals surface area (Å²) in [6.07, 6.45) is 1.77. The van der Waals surface area contributed by atoms with Crippen LogP contribution in [0.2, 0.25) is 0 Å². The van der Waals surface area contributed by atoms with E-state index in [0.29, 0.717) is 6.61 Å². The number of hydrogen-bond donors (Lipinski definition) is 1. The second-order valence-corrected chi connectivity index (χ2v) is 6.18. The minimum Gasteiger partial charge on any atom is -0.486 e. The molecule has 1 fully saturated rings. The highest BCUT2D eigenvalue weighted by molar-refractivity contribution is 5.73. The molecule has 0 aliphatic carbocycles. The molecule has 0 bridgehead atoms. The molecule has 2 heterocycles. The van der Waals surface area contributed by atoms with Gasteiger partial charge in [0.15, 0.2) is 11.6 Å². The Labute approximate surface area is 141 Å². The molecule has 0 unspecified atom stereocenters. The first-order valence-corrected chi connectivity index (χ1v) is 8.18. The average molecular weight is 329 g/mol. The zero-order valence-electron chi connectivity index (χ0n) is 14.1. The van der Waals surface area contributed by atoms with Gasteiger partial charge in [-0.05, 0) is 25.0 Å². The molecule has 7 heteroatoms. The van der Waals surface area contributed by atoms with Crippen LogP contribution in [0, 0.1) is 0 Å². The van der Waals surface area contributed by atoms with Gasteiger partial charge in [0.25, 0.3) is 0 Å². The molecule has 1 N–H and O–H groups in total. The highest BCUT2D eigenvalue weighted by atomic mass is 16.5. The van der Waals surface area contributed by atoms with E-state index < -0.39 is 0 Å². The van der Waals surface area contributed by atoms with Gasteiger partial charge in [0, 0.05) is 33.1 Å². The van der Waals surface area contributed by atoms with E-state index in [2.05, 4.69) is 15.2 Å². The lowest BCUT2D eigenvalue weighted by Gasteiger charge is -2.32. The van der Waals surface area contributed by atoms with E-state index in [4.69, 9.17) is 4.74 Å². The maximum Gasteiger partial charge on any atom is 0.319 e. The predicted molar refractivity (Wildman–Crippen MR) is 89.8 cm³/mol. The molecule has 1 aliphatic rings. The third kappa shape index (κ3) is 3.84. The van der Waals surface area contributed by atoms with Gasteiger partial charge in [-0.3, -0.25) is 5.10 Å². The number of piperidine rings is 1. The van der Waals surface area contributed by atoms with Gasteiger partial charge in [-0.1, -0.05) is 18.2 Å². The number of H-pyrrole nitrogens is 1. The Morgan fingerprint density at radius 3 is 2.67 bits per heavy atom. The van der Waals surface area contributed by atoms with Gasteiger partial charge in [0.05, 0.1) is 0 Å². The van der Waals surface area contributed by atoms with Crippen LogP contribution in [0.15, 0.2) is 30.3 Å². The Hall–Kier alpha value is -2.57. The monoisotopic (exact) mass is 329 g/mol. The third-order valence-corrected chi connectivity index (χ3v) is 4.18. The lowest BCUT2D eigenvalue weighted by atomic mass is 9.96. The first-order valence-electron chi connectivity index (χ1n) is 8.18. The molecular formula is C17H23N5O2. The summed E-state index contributed by atoms with van der Waals surface area (Å²) < 4.78 is 5.68. The van der Waals surface area contributed by atoms with Crippen LogP contribution in [0.3, 0.4) is 0 Å². The molecule has 0 spiro atoms. The summed E-state index contributed by atoms with van der Waals surface area (Å²) in [5.74, 6) is 2.64. The maximum atomic E-state index is 12.0. The highest BCUT2D eigenvalue weighted by Gasteiger charge is 2.26. The Morgan fingerprint density at radius 1 is 1.29 bits per heavy atom. The minimum atomic E-state index is 0.0698. The first-order chi connectivity index (χ1) is 11.6. The number of ether oxygens (including phenoxy) is 1. The zero-order chi connectivity index (χ0) is 16.9. The van der Waals surface area contributed by atoms with Gasteiger partial charge in [0.2, 0.25) is 0 Å². The largest absolute Gasteiger partial charge is 0.486 e. The van der Waals surface area contributed by atoms with E-state index >= 15 is 0 Å². The maximum absolute atomic E-state index is 12.0. The molecule has 0 saturated carbocycles. The summed E-state index contributed by atoms with van der Waals surface area (Å²) in [6, 6.07) is 9.71. The number of carbonyl (C=O) groups is 1. The molecule has 7 nitrogen and oxygen atoms in total. The van der Waals surface area contributed by atoms with E-state index in [-0.39, 0.29) is 11.9 Å². The molecule has 0 radical (unpaired) electrons. The summed E-state index contributed by atoms with van der Waals surface area (Å²) in [5, 5.41) is 7.28. The van der Waals surface area contributed by atoms with Crippen molar-refractivity contribution in [2.45, 2.75) is 25.4 Å². The van der Waals surface area contributed by atoms with Crippen molar-refractivity contribution in [1.29, 1.82) is 0 Å². The fourth-order valence-corrected chi connectivity index (χ4v) is 2.84. The third-order valence-electron chi connectivity index (χ3n) is 4.18. The predicted octanol–water partition coefficient (Wildman–Crippen LogP) is 2.24. The van der Waals surface area contributed by atoms with Gasteiger partial charge >= 0.3 is 6.03 Å². The van der Waals surface area contributed by atoms with Crippen LogP contribution in [0.5, 0.6) is 5.75 Å². The summed E-state index contributed by atoms with van der Waals surface area (Å²) in [6.45, 7) is 1.85. The molecule has 2 aromatic rings. The number of aromatic amines is 1. The summed E-state index contributed by atoms with van der Waals surface area (Å²) in [7, 11) is 3.56. The number of amides is 2. The van der Waals surface area contributed by atoms with Crippen LogP contribution in [-0.4, -0.2) is 58.2 Å². The highest BCUT2D eigenvalue weighted by Crippen LogP contribution is 2.26. The molecule has 1 aliphatic heterocycles.